The number of halogens is 1. The van der Waals surface area contributed by atoms with Crippen LogP contribution in [-0.4, -0.2) is 39.3 Å². The highest BCUT2D eigenvalue weighted by Gasteiger charge is 2.52. The average Bonchev–Trinajstić information content (AvgIpc) is 3.29. The Labute approximate surface area is 162 Å². The number of nitrogens with one attached hydrogen (secondary N) is 1. The summed E-state index contributed by atoms with van der Waals surface area (Å²) in [6, 6.07) is 11.3. The van der Waals surface area contributed by atoms with E-state index in [0.29, 0.717) is 13.0 Å². The zero-order chi connectivity index (χ0) is 18.0. The van der Waals surface area contributed by atoms with Crippen molar-refractivity contribution in [3.8, 4) is 0 Å². The molecule has 0 aliphatic carbocycles. The highest BCUT2D eigenvalue weighted by molar-refractivity contribution is 9.11. The van der Waals surface area contributed by atoms with Crippen LogP contribution in [-0.2, 0) is 11.2 Å². The van der Waals surface area contributed by atoms with E-state index >= 15 is 0 Å². The van der Waals surface area contributed by atoms with Gasteiger partial charge >= 0.3 is 6.03 Å². The van der Waals surface area contributed by atoms with Crippen LogP contribution in [0.3, 0.4) is 0 Å². The minimum Gasteiger partial charge on any atom is -0.356 e. The van der Waals surface area contributed by atoms with Crippen molar-refractivity contribution in [2.75, 3.05) is 6.54 Å². The zero-order valence-corrected chi connectivity index (χ0v) is 16.4. The first-order chi connectivity index (χ1) is 12.6. The monoisotopic (exact) mass is 429 g/mol. The number of hydrogen-bond donors (Lipinski definition) is 1. The summed E-state index contributed by atoms with van der Waals surface area (Å²) in [6.45, 7) is 2.25. The molecule has 132 valence electrons. The quantitative estimate of drug-likeness (QED) is 0.617. The topological polar surface area (TPSA) is 56.4 Å². The molecule has 26 heavy (non-hydrogen) atoms. The van der Waals surface area contributed by atoms with E-state index in [4.69, 9.17) is 0 Å². The number of thiophene rings is 1. The zero-order valence-electron chi connectivity index (χ0n) is 14.0. The summed E-state index contributed by atoms with van der Waals surface area (Å²) < 4.78 is 1.01. The number of carbonyl (C=O) groups is 2. The van der Waals surface area contributed by atoms with Crippen molar-refractivity contribution in [3.05, 3.63) is 56.3 Å². The van der Waals surface area contributed by atoms with Crippen molar-refractivity contribution in [1.82, 2.24) is 14.8 Å². The second-order valence-corrected chi connectivity index (χ2v) is 9.09. The second kappa shape index (κ2) is 5.69. The largest absolute Gasteiger partial charge is 0.356 e. The standard InChI is InChI=1S/C19H16BrN3O2S/c1-2-22-18(24)13-9-11-10-5-3-4-6-12(10)21-16(11)17(23(13)19(22)25)14-7-8-15(20)26-14/h3-8,13,17,21H,2,9H2,1H3/t13-,17-/m1/s1. The smallest absolute Gasteiger partial charge is 0.328 e. The molecule has 0 saturated carbocycles. The molecular formula is C19H16BrN3O2S. The number of imide groups is 1. The predicted molar refractivity (Wildman–Crippen MR) is 104 cm³/mol. The third-order valence-corrected chi connectivity index (χ3v) is 6.99. The number of urea groups is 1. The third kappa shape index (κ3) is 2.07. The number of para-hydroxylation sites is 1. The molecule has 0 radical (unpaired) electrons. The van der Waals surface area contributed by atoms with Crippen LogP contribution in [0.15, 0.2) is 40.2 Å². The van der Waals surface area contributed by atoms with Crippen LogP contribution in [0.2, 0.25) is 0 Å². The van der Waals surface area contributed by atoms with E-state index in [2.05, 4.69) is 27.0 Å². The molecule has 1 saturated heterocycles. The van der Waals surface area contributed by atoms with E-state index in [1.165, 1.54) is 4.90 Å². The van der Waals surface area contributed by atoms with Crippen LogP contribution < -0.4 is 0 Å². The normalized spacial score (nSPS) is 22.2. The molecule has 0 bridgehead atoms. The number of likely N-dealkylation sites (N-methyl/N-ethyl adjacent to an activating group) is 1. The van der Waals surface area contributed by atoms with Crippen molar-refractivity contribution in [2.45, 2.75) is 25.4 Å². The minimum atomic E-state index is -0.431. The lowest BCUT2D eigenvalue weighted by molar-refractivity contribution is -0.128. The summed E-state index contributed by atoms with van der Waals surface area (Å²) in [5.41, 5.74) is 3.22. The Hall–Kier alpha value is -2.12. The van der Waals surface area contributed by atoms with Gasteiger partial charge in [-0.25, -0.2) is 4.79 Å². The maximum atomic E-state index is 13.0. The molecule has 7 heteroatoms. The molecule has 5 rings (SSSR count). The number of aromatic amines is 1. The fourth-order valence-electron chi connectivity index (χ4n) is 4.19. The summed E-state index contributed by atoms with van der Waals surface area (Å²) >= 11 is 5.13. The van der Waals surface area contributed by atoms with Crippen molar-refractivity contribution in [3.63, 3.8) is 0 Å². The van der Waals surface area contributed by atoms with Gasteiger partial charge in [-0.05, 0) is 46.6 Å². The summed E-state index contributed by atoms with van der Waals surface area (Å²) in [5.74, 6) is -0.0888. The van der Waals surface area contributed by atoms with E-state index in [1.807, 2.05) is 37.3 Å². The number of aromatic nitrogens is 1. The Morgan fingerprint density at radius 2 is 2.04 bits per heavy atom. The van der Waals surface area contributed by atoms with Crippen LogP contribution in [0.4, 0.5) is 4.79 Å². The molecule has 0 spiro atoms. The van der Waals surface area contributed by atoms with Gasteiger partial charge in [0.25, 0.3) is 5.91 Å². The molecule has 2 atom stereocenters. The lowest BCUT2D eigenvalue weighted by Crippen LogP contribution is -2.43. The summed E-state index contributed by atoms with van der Waals surface area (Å²) in [5, 5.41) is 1.14. The fourth-order valence-corrected chi connectivity index (χ4v) is 5.73. The molecular weight excluding hydrogens is 414 g/mol. The van der Waals surface area contributed by atoms with Gasteiger partial charge in [0.15, 0.2) is 0 Å². The Bertz CT molecular complexity index is 1060. The van der Waals surface area contributed by atoms with Gasteiger partial charge in [0.05, 0.1) is 3.79 Å². The molecule has 2 aliphatic rings. The Balaban J connectivity index is 1.76. The first-order valence-electron chi connectivity index (χ1n) is 8.58. The van der Waals surface area contributed by atoms with Gasteiger partial charge in [-0.15, -0.1) is 11.3 Å². The number of amides is 3. The number of nitrogens with zero attached hydrogens (tertiary/aromatic N) is 2. The Morgan fingerprint density at radius 3 is 2.77 bits per heavy atom. The molecule has 3 amide bonds. The van der Waals surface area contributed by atoms with Crippen molar-refractivity contribution < 1.29 is 9.59 Å². The van der Waals surface area contributed by atoms with Gasteiger partial charge in [0.2, 0.25) is 0 Å². The second-order valence-electron chi connectivity index (χ2n) is 6.60. The van der Waals surface area contributed by atoms with E-state index in [-0.39, 0.29) is 18.0 Å². The lowest BCUT2D eigenvalue weighted by atomic mass is 9.91. The van der Waals surface area contributed by atoms with Gasteiger partial charge in [-0.3, -0.25) is 14.6 Å². The number of hydrogen-bond acceptors (Lipinski definition) is 3. The molecule has 3 aromatic rings. The average molecular weight is 430 g/mol. The lowest BCUT2D eigenvalue weighted by Gasteiger charge is -2.35. The van der Waals surface area contributed by atoms with Gasteiger partial charge in [0.1, 0.15) is 12.1 Å². The van der Waals surface area contributed by atoms with Gasteiger partial charge in [-0.1, -0.05) is 18.2 Å². The van der Waals surface area contributed by atoms with Crippen LogP contribution in [0, 0.1) is 0 Å². The van der Waals surface area contributed by atoms with E-state index in [1.54, 1.807) is 16.2 Å². The predicted octanol–water partition coefficient (Wildman–Crippen LogP) is 4.29. The maximum absolute atomic E-state index is 13.0. The van der Waals surface area contributed by atoms with Crippen LogP contribution >= 0.6 is 27.3 Å². The number of fused-ring (bicyclic) bond motifs is 4. The highest BCUT2D eigenvalue weighted by atomic mass is 79.9. The molecule has 2 aromatic heterocycles. The summed E-state index contributed by atoms with van der Waals surface area (Å²) in [7, 11) is 0. The first kappa shape index (κ1) is 16.1. The molecule has 5 nitrogen and oxygen atoms in total. The Kier molecular flexibility index (Phi) is 3.52. The highest BCUT2D eigenvalue weighted by Crippen LogP contribution is 2.45. The van der Waals surface area contributed by atoms with Gasteiger partial charge in [0, 0.05) is 34.4 Å². The van der Waals surface area contributed by atoms with Crippen molar-refractivity contribution >= 4 is 50.1 Å². The van der Waals surface area contributed by atoms with Gasteiger partial charge in [-0.2, -0.15) is 0 Å². The van der Waals surface area contributed by atoms with Crippen molar-refractivity contribution in [1.29, 1.82) is 0 Å². The van der Waals surface area contributed by atoms with Crippen LogP contribution in [0.25, 0.3) is 10.9 Å². The third-order valence-electron chi connectivity index (χ3n) is 5.31. The van der Waals surface area contributed by atoms with E-state index in [0.717, 1.165) is 30.8 Å². The molecule has 4 heterocycles. The molecule has 2 aliphatic heterocycles. The van der Waals surface area contributed by atoms with E-state index < -0.39 is 6.04 Å². The van der Waals surface area contributed by atoms with Crippen LogP contribution in [0.1, 0.15) is 29.1 Å². The minimum absolute atomic E-state index is 0.0888. The SMILES string of the molecule is CCN1C(=O)[C@H]2Cc3c([nH]c4ccccc34)[C@@H](c3ccc(Br)s3)N2C1=O. The van der Waals surface area contributed by atoms with Crippen LogP contribution in [0.5, 0.6) is 0 Å². The molecule has 1 fully saturated rings. The van der Waals surface area contributed by atoms with Crippen molar-refractivity contribution in [2.24, 2.45) is 0 Å². The number of rotatable bonds is 2. The molecule has 0 unspecified atom stereocenters. The fraction of sp³-hybridized carbons (Fsp3) is 0.263. The number of carbonyl (C=O) groups excluding carboxylic acids is 2. The summed E-state index contributed by atoms with van der Waals surface area (Å²) in [4.78, 5) is 33.6. The molecule has 1 aromatic carbocycles. The molecule has 1 N–H and O–H groups in total. The maximum Gasteiger partial charge on any atom is 0.328 e. The summed E-state index contributed by atoms with van der Waals surface area (Å²) in [6.07, 6.45) is 0.559. The van der Waals surface area contributed by atoms with E-state index in [9.17, 15) is 9.59 Å². The first-order valence-corrected chi connectivity index (χ1v) is 10.2. The number of benzene rings is 1. The van der Waals surface area contributed by atoms with Gasteiger partial charge < -0.3 is 4.98 Å². The number of H-pyrrole nitrogens is 1. The Morgan fingerprint density at radius 1 is 1.23 bits per heavy atom.